The molecule has 0 radical (unpaired) electrons. The third kappa shape index (κ3) is 3.31. The summed E-state index contributed by atoms with van der Waals surface area (Å²) in [6, 6.07) is 17.6. The molecule has 4 aromatic rings. The van der Waals surface area contributed by atoms with Gasteiger partial charge < -0.3 is 0 Å². The summed E-state index contributed by atoms with van der Waals surface area (Å²) >= 11 is 4.74. The molecule has 0 aliphatic heterocycles. The molecule has 0 aliphatic carbocycles. The Morgan fingerprint density at radius 1 is 1.04 bits per heavy atom. The largest absolute Gasteiger partial charge is 0.291 e. The number of fused-ring (bicyclic) bond motifs is 1. The molecule has 0 atom stereocenters. The van der Waals surface area contributed by atoms with Gasteiger partial charge in [0.05, 0.1) is 4.53 Å². The first-order valence-electron chi connectivity index (χ1n) is 7.60. The average Bonchev–Trinajstić information content (AvgIpc) is 3.17. The summed E-state index contributed by atoms with van der Waals surface area (Å²) in [6.45, 7) is 0. The second kappa shape index (κ2) is 6.74. The van der Waals surface area contributed by atoms with E-state index in [4.69, 9.17) is 0 Å². The average molecular weight is 410 g/mol. The van der Waals surface area contributed by atoms with Gasteiger partial charge in [-0.05, 0) is 23.8 Å². The molecule has 0 bridgehead atoms. The number of benzene rings is 2. The highest BCUT2D eigenvalue weighted by atomic mass is 79.9. The van der Waals surface area contributed by atoms with Gasteiger partial charge in [-0.25, -0.2) is 0 Å². The standard InChI is InChI=1S/C19H12BrN3OS/c20-15-11-9-14(10-12-15)17-21-19-23(22-17)18(24)16(25-19)8-4-7-13-5-2-1-3-6-13/h1-12H/b7-4+,16-8-. The molecule has 0 fully saturated rings. The minimum Gasteiger partial charge on any atom is -0.266 e. The Labute approximate surface area is 155 Å². The van der Waals surface area contributed by atoms with Gasteiger partial charge in [-0.15, -0.1) is 5.10 Å². The summed E-state index contributed by atoms with van der Waals surface area (Å²) in [5.74, 6) is 0.558. The monoisotopic (exact) mass is 409 g/mol. The molecule has 0 N–H and O–H groups in total. The highest BCUT2D eigenvalue weighted by Gasteiger charge is 2.11. The normalized spacial score (nSPS) is 12.4. The SMILES string of the molecule is O=c1/c(=C/C=C/c2ccccc2)sc2nc(-c3ccc(Br)cc3)nn12. The Hall–Kier alpha value is -2.57. The summed E-state index contributed by atoms with van der Waals surface area (Å²) < 4.78 is 2.97. The molecule has 0 unspecified atom stereocenters. The molecule has 0 saturated carbocycles. The van der Waals surface area contributed by atoms with Crippen LogP contribution in [0.2, 0.25) is 0 Å². The minimum absolute atomic E-state index is 0.145. The Morgan fingerprint density at radius 3 is 2.52 bits per heavy atom. The van der Waals surface area contributed by atoms with Crippen LogP contribution in [0.5, 0.6) is 0 Å². The second-order valence-corrected chi connectivity index (χ2v) is 7.27. The van der Waals surface area contributed by atoms with Crippen molar-refractivity contribution in [3.05, 3.63) is 85.6 Å². The number of allylic oxidation sites excluding steroid dienone is 1. The molecule has 122 valence electrons. The van der Waals surface area contributed by atoms with Gasteiger partial charge in [0.15, 0.2) is 5.82 Å². The minimum atomic E-state index is -0.145. The van der Waals surface area contributed by atoms with Gasteiger partial charge in [0, 0.05) is 10.0 Å². The van der Waals surface area contributed by atoms with Gasteiger partial charge in [-0.2, -0.15) is 9.50 Å². The van der Waals surface area contributed by atoms with E-state index in [0.29, 0.717) is 15.3 Å². The Bertz CT molecular complexity index is 1160. The molecule has 2 aromatic carbocycles. The van der Waals surface area contributed by atoms with Crippen molar-refractivity contribution in [2.75, 3.05) is 0 Å². The third-order valence-corrected chi connectivity index (χ3v) is 5.13. The zero-order valence-corrected chi connectivity index (χ0v) is 15.4. The number of thiazole rings is 1. The summed E-state index contributed by atoms with van der Waals surface area (Å²) in [4.78, 5) is 17.5. The number of halogens is 1. The van der Waals surface area contributed by atoms with Crippen LogP contribution in [0.25, 0.3) is 28.5 Å². The molecular weight excluding hydrogens is 398 g/mol. The molecule has 0 amide bonds. The lowest BCUT2D eigenvalue weighted by molar-refractivity contribution is 0.937. The Balaban J connectivity index is 1.68. The maximum absolute atomic E-state index is 12.5. The lowest BCUT2D eigenvalue weighted by Gasteiger charge is -1.94. The van der Waals surface area contributed by atoms with Crippen molar-refractivity contribution in [1.82, 2.24) is 14.6 Å². The Kier molecular flexibility index (Phi) is 4.29. The predicted octanol–water partition coefficient (Wildman–Crippen LogP) is 3.79. The van der Waals surface area contributed by atoms with Crippen molar-refractivity contribution in [3.63, 3.8) is 0 Å². The molecule has 2 aromatic heterocycles. The number of hydrogen-bond donors (Lipinski definition) is 0. The molecule has 4 rings (SSSR count). The van der Waals surface area contributed by atoms with E-state index in [9.17, 15) is 4.79 Å². The van der Waals surface area contributed by atoms with E-state index in [1.165, 1.54) is 15.9 Å². The van der Waals surface area contributed by atoms with Crippen LogP contribution in [0.15, 0.2) is 69.9 Å². The zero-order valence-electron chi connectivity index (χ0n) is 13.0. The fourth-order valence-electron chi connectivity index (χ4n) is 2.38. The van der Waals surface area contributed by atoms with E-state index < -0.39 is 0 Å². The molecule has 2 heterocycles. The summed E-state index contributed by atoms with van der Waals surface area (Å²) in [5.41, 5.74) is 1.82. The molecule has 0 saturated heterocycles. The smallest absolute Gasteiger partial charge is 0.266 e. The van der Waals surface area contributed by atoms with Gasteiger partial charge in [0.1, 0.15) is 0 Å². The zero-order chi connectivity index (χ0) is 17.2. The van der Waals surface area contributed by atoms with Crippen molar-refractivity contribution in [2.24, 2.45) is 0 Å². The van der Waals surface area contributed by atoms with Crippen LogP contribution in [0, 0.1) is 0 Å². The van der Waals surface area contributed by atoms with Crippen LogP contribution in [-0.2, 0) is 0 Å². The molecule has 4 nitrogen and oxygen atoms in total. The van der Waals surface area contributed by atoms with Gasteiger partial charge >= 0.3 is 0 Å². The fraction of sp³-hybridized carbons (Fsp3) is 0. The van der Waals surface area contributed by atoms with E-state index in [-0.39, 0.29) is 5.56 Å². The van der Waals surface area contributed by atoms with Crippen molar-refractivity contribution >= 4 is 44.4 Å². The van der Waals surface area contributed by atoms with Gasteiger partial charge in [0.2, 0.25) is 4.96 Å². The molecule has 0 aliphatic rings. The van der Waals surface area contributed by atoms with Crippen LogP contribution in [0.4, 0.5) is 0 Å². The first-order valence-corrected chi connectivity index (χ1v) is 9.20. The highest BCUT2D eigenvalue weighted by Crippen LogP contribution is 2.19. The molecule has 6 heteroatoms. The van der Waals surface area contributed by atoms with Crippen LogP contribution >= 0.6 is 27.3 Å². The molecule has 25 heavy (non-hydrogen) atoms. The van der Waals surface area contributed by atoms with E-state index in [0.717, 1.165) is 15.6 Å². The van der Waals surface area contributed by atoms with Crippen molar-refractivity contribution < 1.29 is 0 Å². The summed E-state index contributed by atoms with van der Waals surface area (Å²) in [5, 5.41) is 4.34. The molecular formula is C19H12BrN3OS. The quantitative estimate of drug-likeness (QED) is 0.516. The van der Waals surface area contributed by atoms with Crippen LogP contribution < -0.4 is 10.1 Å². The number of nitrogens with zero attached hydrogens (tertiary/aromatic N) is 3. The molecule has 0 spiro atoms. The van der Waals surface area contributed by atoms with E-state index in [2.05, 4.69) is 26.0 Å². The lowest BCUT2D eigenvalue weighted by Crippen LogP contribution is -2.23. The predicted molar refractivity (Wildman–Crippen MR) is 105 cm³/mol. The van der Waals surface area contributed by atoms with Crippen molar-refractivity contribution in [3.8, 4) is 11.4 Å². The van der Waals surface area contributed by atoms with Gasteiger partial charge in [-0.1, -0.05) is 81.9 Å². The fourth-order valence-corrected chi connectivity index (χ4v) is 3.50. The number of hydrogen-bond acceptors (Lipinski definition) is 4. The maximum Gasteiger partial charge on any atom is 0.291 e. The highest BCUT2D eigenvalue weighted by molar-refractivity contribution is 9.10. The van der Waals surface area contributed by atoms with E-state index in [1.807, 2.05) is 66.7 Å². The van der Waals surface area contributed by atoms with Gasteiger partial charge in [0.25, 0.3) is 5.56 Å². The first-order chi connectivity index (χ1) is 12.2. The third-order valence-electron chi connectivity index (χ3n) is 3.62. The van der Waals surface area contributed by atoms with E-state index in [1.54, 1.807) is 6.08 Å². The Morgan fingerprint density at radius 2 is 1.80 bits per heavy atom. The summed E-state index contributed by atoms with van der Waals surface area (Å²) in [7, 11) is 0. The van der Waals surface area contributed by atoms with Crippen LogP contribution in [0.3, 0.4) is 0 Å². The van der Waals surface area contributed by atoms with Gasteiger partial charge in [-0.3, -0.25) is 4.79 Å². The summed E-state index contributed by atoms with van der Waals surface area (Å²) in [6.07, 6.45) is 5.63. The topological polar surface area (TPSA) is 47.3 Å². The van der Waals surface area contributed by atoms with Crippen molar-refractivity contribution in [1.29, 1.82) is 0 Å². The second-order valence-electron chi connectivity index (χ2n) is 5.34. The first kappa shape index (κ1) is 15.9. The van der Waals surface area contributed by atoms with Crippen LogP contribution in [-0.4, -0.2) is 14.6 Å². The maximum atomic E-state index is 12.5. The van der Waals surface area contributed by atoms with E-state index >= 15 is 0 Å². The van der Waals surface area contributed by atoms with Crippen molar-refractivity contribution in [2.45, 2.75) is 0 Å². The number of aromatic nitrogens is 3. The van der Waals surface area contributed by atoms with Crippen LogP contribution in [0.1, 0.15) is 5.56 Å². The lowest BCUT2D eigenvalue weighted by atomic mass is 10.2. The number of rotatable bonds is 3.